The highest BCUT2D eigenvalue weighted by Crippen LogP contribution is 2.23. The average Bonchev–Trinajstić information content (AvgIpc) is 2.64. The molecule has 1 fully saturated rings. The Morgan fingerprint density at radius 3 is 2.62 bits per heavy atom. The van der Waals surface area contributed by atoms with Crippen LogP contribution in [0.15, 0.2) is 53.0 Å². The van der Waals surface area contributed by atoms with Crippen LogP contribution in [0.2, 0.25) is 0 Å². The summed E-state index contributed by atoms with van der Waals surface area (Å²) in [6, 6.07) is 16.0. The van der Waals surface area contributed by atoms with Crippen molar-refractivity contribution in [3.8, 4) is 0 Å². The monoisotopic (exact) mass is 417 g/mol. The van der Waals surface area contributed by atoms with Crippen LogP contribution < -0.4 is 10.2 Å². The van der Waals surface area contributed by atoms with Crippen LogP contribution in [0.1, 0.15) is 5.56 Å². The molecule has 138 valence electrons. The smallest absolute Gasteiger partial charge is 0.238 e. The number of carbonyl (C=O) groups excluding carboxylic acids is 1. The van der Waals surface area contributed by atoms with Gasteiger partial charge in [-0.05, 0) is 46.7 Å². The zero-order chi connectivity index (χ0) is 18.4. The summed E-state index contributed by atoms with van der Waals surface area (Å²) in [4.78, 5) is 16.7. The zero-order valence-electron chi connectivity index (χ0n) is 15.0. The topological polar surface area (TPSA) is 44.8 Å². The SMILES string of the molecule is CN(CC(=O)Nc1ccccc1Br)Cc1ccccc1N1CCOCC1. The number of anilines is 2. The van der Waals surface area contributed by atoms with E-state index >= 15 is 0 Å². The van der Waals surface area contributed by atoms with Crippen LogP contribution in [-0.2, 0) is 16.1 Å². The maximum atomic E-state index is 12.4. The summed E-state index contributed by atoms with van der Waals surface area (Å²) in [5.74, 6) is -0.0248. The molecule has 0 aromatic heterocycles. The number of likely N-dealkylation sites (N-methyl/N-ethyl adjacent to an activating group) is 1. The number of hydrogen-bond donors (Lipinski definition) is 1. The van der Waals surface area contributed by atoms with Crippen LogP contribution in [0.25, 0.3) is 0 Å². The Morgan fingerprint density at radius 2 is 1.85 bits per heavy atom. The molecule has 0 aliphatic carbocycles. The number of morpholine rings is 1. The van der Waals surface area contributed by atoms with E-state index in [1.54, 1.807) is 0 Å². The summed E-state index contributed by atoms with van der Waals surface area (Å²) in [5.41, 5.74) is 3.25. The van der Waals surface area contributed by atoms with Gasteiger partial charge in [0.1, 0.15) is 0 Å². The summed E-state index contributed by atoms with van der Waals surface area (Å²) >= 11 is 3.45. The number of para-hydroxylation sites is 2. The fraction of sp³-hybridized carbons (Fsp3) is 0.350. The molecule has 1 aliphatic rings. The van der Waals surface area contributed by atoms with Gasteiger partial charge < -0.3 is 15.0 Å². The minimum Gasteiger partial charge on any atom is -0.378 e. The third-order valence-electron chi connectivity index (χ3n) is 4.35. The fourth-order valence-electron chi connectivity index (χ4n) is 3.10. The van der Waals surface area contributed by atoms with Crippen molar-refractivity contribution < 1.29 is 9.53 Å². The van der Waals surface area contributed by atoms with Crippen LogP contribution in [0.3, 0.4) is 0 Å². The Kier molecular flexibility index (Phi) is 6.66. The van der Waals surface area contributed by atoms with Gasteiger partial charge in [0.2, 0.25) is 5.91 Å². The van der Waals surface area contributed by atoms with Gasteiger partial charge in [-0.2, -0.15) is 0 Å². The highest BCUT2D eigenvalue weighted by Gasteiger charge is 2.16. The first-order valence-electron chi connectivity index (χ1n) is 8.77. The Balaban J connectivity index is 1.60. The summed E-state index contributed by atoms with van der Waals surface area (Å²) in [7, 11) is 1.97. The van der Waals surface area contributed by atoms with Gasteiger partial charge in [-0.25, -0.2) is 0 Å². The van der Waals surface area contributed by atoms with E-state index in [0.29, 0.717) is 6.54 Å². The molecule has 2 aromatic rings. The van der Waals surface area contributed by atoms with E-state index in [-0.39, 0.29) is 5.91 Å². The van der Waals surface area contributed by atoms with Crippen molar-refractivity contribution >= 4 is 33.2 Å². The van der Waals surface area contributed by atoms with Crippen molar-refractivity contribution in [2.24, 2.45) is 0 Å². The molecule has 5 nitrogen and oxygen atoms in total. The lowest BCUT2D eigenvalue weighted by Crippen LogP contribution is -2.37. The molecule has 0 unspecified atom stereocenters. The Morgan fingerprint density at radius 1 is 1.15 bits per heavy atom. The van der Waals surface area contributed by atoms with Gasteiger partial charge in [0.05, 0.1) is 25.4 Å². The number of ether oxygens (including phenoxy) is 1. The maximum absolute atomic E-state index is 12.4. The molecule has 0 radical (unpaired) electrons. The molecule has 0 bridgehead atoms. The van der Waals surface area contributed by atoms with Crippen molar-refractivity contribution in [1.29, 1.82) is 0 Å². The van der Waals surface area contributed by atoms with E-state index in [9.17, 15) is 4.79 Å². The Hall–Kier alpha value is -1.89. The number of hydrogen-bond acceptors (Lipinski definition) is 4. The number of rotatable bonds is 6. The van der Waals surface area contributed by atoms with Crippen molar-refractivity contribution in [1.82, 2.24) is 4.90 Å². The fourth-order valence-corrected chi connectivity index (χ4v) is 3.49. The quantitative estimate of drug-likeness (QED) is 0.782. The van der Waals surface area contributed by atoms with E-state index in [0.717, 1.165) is 43.0 Å². The van der Waals surface area contributed by atoms with Gasteiger partial charge in [0.25, 0.3) is 0 Å². The highest BCUT2D eigenvalue weighted by molar-refractivity contribution is 9.10. The van der Waals surface area contributed by atoms with Crippen LogP contribution >= 0.6 is 15.9 Å². The molecule has 2 aromatic carbocycles. The predicted molar refractivity (Wildman–Crippen MR) is 109 cm³/mol. The molecule has 1 amide bonds. The number of nitrogens with zero attached hydrogens (tertiary/aromatic N) is 2. The molecule has 0 saturated carbocycles. The minimum atomic E-state index is -0.0248. The molecule has 1 N–H and O–H groups in total. The molecule has 6 heteroatoms. The van der Waals surface area contributed by atoms with Gasteiger partial charge in [-0.1, -0.05) is 30.3 Å². The van der Waals surface area contributed by atoms with Crippen molar-refractivity contribution in [2.45, 2.75) is 6.54 Å². The van der Waals surface area contributed by atoms with E-state index in [2.05, 4.69) is 44.3 Å². The zero-order valence-corrected chi connectivity index (χ0v) is 16.5. The second-order valence-corrected chi connectivity index (χ2v) is 7.28. The number of halogens is 1. The molecule has 3 rings (SSSR count). The summed E-state index contributed by atoms with van der Waals surface area (Å²) in [6.07, 6.45) is 0. The van der Waals surface area contributed by atoms with E-state index in [4.69, 9.17) is 4.74 Å². The Bertz CT molecular complexity index is 747. The van der Waals surface area contributed by atoms with Crippen molar-refractivity contribution in [3.05, 3.63) is 58.6 Å². The molecule has 1 saturated heterocycles. The van der Waals surface area contributed by atoms with Crippen LogP contribution in [0.5, 0.6) is 0 Å². The molecule has 0 spiro atoms. The second kappa shape index (κ2) is 9.16. The standard InChI is InChI=1S/C20H24BrN3O2/c1-23(15-20(25)22-18-8-4-3-7-17(18)21)14-16-6-2-5-9-19(16)24-10-12-26-13-11-24/h2-9H,10-15H2,1H3,(H,22,25). The average molecular weight is 418 g/mol. The first kappa shape index (κ1) is 18.9. The molecular weight excluding hydrogens is 394 g/mol. The third-order valence-corrected chi connectivity index (χ3v) is 5.04. The molecule has 0 atom stereocenters. The number of benzene rings is 2. The first-order valence-corrected chi connectivity index (χ1v) is 9.56. The van der Waals surface area contributed by atoms with Crippen LogP contribution in [0, 0.1) is 0 Å². The van der Waals surface area contributed by atoms with E-state index < -0.39 is 0 Å². The largest absolute Gasteiger partial charge is 0.378 e. The van der Waals surface area contributed by atoms with Gasteiger partial charge in [-0.15, -0.1) is 0 Å². The number of amides is 1. The van der Waals surface area contributed by atoms with Crippen molar-refractivity contribution in [3.63, 3.8) is 0 Å². The summed E-state index contributed by atoms with van der Waals surface area (Å²) in [5, 5.41) is 2.95. The molecule has 1 heterocycles. The van der Waals surface area contributed by atoms with Gasteiger partial charge in [0, 0.05) is 29.8 Å². The first-order chi connectivity index (χ1) is 12.6. The van der Waals surface area contributed by atoms with E-state index in [1.807, 2.05) is 42.3 Å². The van der Waals surface area contributed by atoms with E-state index in [1.165, 1.54) is 11.3 Å². The minimum absolute atomic E-state index is 0.0248. The second-order valence-electron chi connectivity index (χ2n) is 6.43. The van der Waals surface area contributed by atoms with Crippen LogP contribution in [-0.4, -0.2) is 50.7 Å². The lowest BCUT2D eigenvalue weighted by atomic mass is 10.1. The van der Waals surface area contributed by atoms with Gasteiger partial charge in [0.15, 0.2) is 0 Å². The molecular formula is C20H24BrN3O2. The van der Waals surface area contributed by atoms with Crippen LogP contribution in [0.4, 0.5) is 11.4 Å². The van der Waals surface area contributed by atoms with Crippen molar-refractivity contribution in [2.75, 3.05) is 50.1 Å². The third kappa shape index (κ3) is 5.06. The summed E-state index contributed by atoms with van der Waals surface area (Å²) in [6.45, 7) is 4.39. The lowest BCUT2D eigenvalue weighted by molar-refractivity contribution is -0.117. The Labute approximate surface area is 163 Å². The molecule has 26 heavy (non-hydrogen) atoms. The lowest BCUT2D eigenvalue weighted by Gasteiger charge is -2.31. The summed E-state index contributed by atoms with van der Waals surface area (Å²) < 4.78 is 6.34. The predicted octanol–water partition coefficient (Wildman–Crippen LogP) is 3.36. The van der Waals surface area contributed by atoms with Gasteiger partial charge >= 0.3 is 0 Å². The van der Waals surface area contributed by atoms with Gasteiger partial charge in [-0.3, -0.25) is 9.69 Å². The molecule has 1 aliphatic heterocycles. The number of carbonyl (C=O) groups is 1. The normalized spacial score (nSPS) is 14.5. The number of nitrogens with one attached hydrogen (secondary N) is 1. The highest BCUT2D eigenvalue weighted by atomic mass is 79.9. The maximum Gasteiger partial charge on any atom is 0.238 e.